The van der Waals surface area contributed by atoms with E-state index in [4.69, 9.17) is 4.74 Å². The number of carbonyl (C=O) groups is 1. The molecule has 26 heavy (non-hydrogen) atoms. The molecule has 0 N–H and O–H groups in total. The Morgan fingerprint density at radius 3 is 1.81 bits per heavy atom. The van der Waals surface area contributed by atoms with E-state index in [2.05, 4.69) is 38.1 Å². The predicted octanol–water partition coefficient (Wildman–Crippen LogP) is 7.04. The van der Waals surface area contributed by atoms with Gasteiger partial charge in [0, 0.05) is 0 Å². The van der Waals surface area contributed by atoms with Crippen molar-refractivity contribution in [2.75, 3.05) is 6.61 Å². The average molecular weight is 361 g/mol. The lowest BCUT2D eigenvalue weighted by Crippen LogP contribution is -2.09. The van der Waals surface area contributed by atoms with E-state index in [0.717, 1.165) is 18.4 Å². The Kier molecular flexibility index (Phi) is 13.9. The molecule has 1 aromatic carbocycles. The molecule has 0 saturated heterocycles. The molecule has 0 aliphatic rings. The molecule has 0 bridgehead atoms. The topological polar surface area (TPSA) is 26.3 Å². The molecule has 0 unspecified atom stereocenters. The summed E-state index contributed by atoms with van der Waals surface area (Å²) in [5.41, 5.74) is 2.44. The number of unbranched alkanes of at least 4 members (excludes halogenated alkanes) is 10. The van der Waals surface area contributed by atoms with Crippen molar-refractivity contribution in [1.82, 2.24) is 0 Å². The predicted molar refractivity (Wildman–Crippen MR) is 112 cm³/mol. The van der Waals surface area contributed by atoms with Crippen LogP contribution in [0.15, 0.2) is 24.3 Å². The minimum atomic E-state index is -0.0952. The van der Waals surface area contributed by atoms with Crippen LogP contribution in [-0.4, -0.2) is 12.6 Å². The Morgan fingerprint density at radius 1 is 0.692 bits per heavy atom. The van der Waals surface area contributed by atoms with Crippen molar-refractivity contribution in [1.29, 1.82) is 0 Å². The third kappa shape index (κ3) is 12.1. The lowest BCUT2D eigenvalue weighted by molar-refractivity contribution is -0.142. The molecule has 0 aromatic heterocycles. The first kappa shape index (κ1) is 22.7. The van der Waals surface area contributed by atoms with Gasteiger partial charge in [-0.05, 0) is 30.4 Å². The highest BCUT2D eigenvalue weighted by atomic mass is 16.5. The fourth-order valence-corrected chi connectivity index (χ4v) is 3.22. The lowest BCUT2D eigenvalue weighted by Gasteiger charge is -2.06. The Morgan fingerprint density at radius 2 is 1.19 bits per heavy atom. The second kappa shape index (κ2) is 15.9. The fourth-order valence-electron chi connectivity index (χ4n) is 3.22. The van der Waals surface area contributed by atoms with Gasteiger partial charge in [-0.25, -0.2) is 0 Å². The van der Waals surface area contributed by atoms with Gasteiger partial charge < -0.3 is 4.74 Å². The van der Waals surface area contributed by atoms with Crippen LogP contribution in [0.3, 0.4) is 0 Å². The zero-order chi connectivity index (χ0) is 18.9. The molecule has 0 fully saturated rings. The molecule has 1 aromatic rings. The molecular formula is C24H40O2. The minimum absolute atomic E-state index is 0.0952. The first-order chi connectivity index (χ1) is 12.8. The van der Waals surface area contributed by atoms with Gasteiger partial charge in [-0.3, -0.25) is 4.79 Å². The van der Waals surface area contributed by atoms with E-state index >= 15 is 0 Å². The number of benzene rings is 1. The van der Waals surface area contributed by atoms with Crippen LogP contribution in [-0.2, 0) is 22.4 Å². The highest BCUT2D eigenvalue weighted by molar-refractivity contribution is 5.72. The van der Waals surface area contributed by atoms with E-state index in [-0.39, 0.29) is 5.97 Å². The molecule has 148 valence electrons. The third-order valence-corrected chi connectivity index (χ3v) is 4.95. The molecule has 0 aliphatic heterocycles. The summed E-state index contributed by atoms with van der Waals surface area (Å²) in [5.74, 6) is -0.0952. The summed E-state index contributed by atoms with van der Waals surface area (Å²) in [6.45, 7) is 5.05. The summed E-state index contributed by atoms with van der Waals surface area (Å²) in [6, 6.07) is 8.50. The van der Waals surface area contributed by atoms with Crippen LogP contribution in [0.1, 0.15) is 102 Å². The first-order valence-electron chi connectivity index (χ1n) is 11.0. The third-order valence-electron chi connectivity index (χ3n) is 4.95. The second-order valence-electron chi connectivity index (χ2n) is 7.50. The molecule has 0 heterocycles. The zero-order valence-corrected chi connectivity index (χ0v) is 17.2. The Bertz CT molecular complexity index is 450. The van der Waals surface area contributed by atoms with Crippen LogP contribution < -0.4 is 0 Å². The van der Waals surface area contributed by atoms with Crippen molar-refractivity contribution in [2.45, 2.75) is 104 Å². The van der Waals surface area contributed by atoms with Crippen LogP contribution >= 0.6 is 0 Å². The smallest absolute Gasteiger partial charge is 0.310 e. The number of esters is 1. The highest BCUT2D eigenvalue weighted by Crippen LogP contribution is 2.12. The Balaban J connectivity index is 2.10. The van der Waals surface area contributed by atoms with Crippen LogP contribution in [0.5, 0.6) is 0 Å². The molecule has 1 rings (SSSR count). The summed E-state index contributed by atoms with van der Waals surface area (Å²) in [4.78, 5) is 11.9. The normalized spacial score (nSPS) is 10.8. The quantitative estimate of drug-likeness (QED) is 0.233. The van der Waals surface area contributed by atoms with Gasteiger partial charge in [0.2, 0.25) is 0 Å². The molecule has 0 radical (unpaired) electrons. The SMILES string of the molecule is CCCCCCCCOC(=O)Cc1ccc(CCCCCCCC)cc1. The Labute approximate surface area is 161 Å². The lowest BCUT2D eigenvalue weighted by atomic mass is 10.0. The van der Waals surface area contributed by atoms with Crippen LogP contribution in [0.25, 0.3) is 0 Å². The van der Waals surface area contributed by atoms with E-state index in [1.165, 1.54) is 76.2 Å². The van der Waals surface area contributed by atoms with Gasteiger partial charge in [0.1, 0.15) is 0 Å². The number of hydrogen-bond acceptors (Lipinski definition) is 2. The molecule has 0 atom stereocenters. The van der Waals surface area contributed by atoms with E-state index in [1.807, 2.05) is 0 Å². The summed E-state index contributed by atoms with van der Waals surface area (Å²) in [5, 5.41) is 0. The van der Waals surface area contributed by atoms with Crippen molar-refractivity contribution < 1.29 is 9.53 Å². The summed E-state index contributed by atoms with van der Waals surface area (Å²) in [7, 11) is 0. The van der Waals surface area contributed by atoms with Crippen molar-refractivity contribution >= 4 is 5.97 Å². The number of rotatable bonds is 16. The van der Waals surface area contributed by atoms with Gasteiger partial charge in [0.15, 0.2) is 0 Å². The van der Waals surface area contributed by atoms with Crippen LogP contribution in [0, 0.1) is 0 Å². The molecule has 0 saturated carbocycles. The summed E-state index contributed by atoms with van der Waals surface area (Å²) >= 11 is 0. The Hall–Kier alpha value is -1.31. The monoisotopic (exact) mass is 360 g/mol. The molecular weight excluding hydrogens is 320 g/mol. The maximum Gasteiger partial charge on any atom is 0.310 e. The van der Waals surface area contributed by atoms with Gasteiger partial charge >= 0.3 is 5.97 Å². The summed E-state index contributed by atoms with van der Waals surface area (Å²) in [6.07, 6.45) is 16.8. The van der Waals surface area contributed by atoms with Gasteiger partial charge in [0.25, 0.3) is 0 Å². The largest absolute Gasteiger partial charge is 0.465 e. The van der Waals surface area contributed by atoms with Gasteiger partial charge in [-0.1, -0.05) is 102 Å². The number of hydrogen-bond donors (Lipinski definition) is 0. The fraction of sp³-hybridized carbons (Fsp3) is 0.708. The van der Waals surface area contributed by atoms with E-state index in [1.54, 1.807) is 0 Å². The molecule has 2 nitrogen and oxygen atoms in total. The minimum Gasteiger partial charge on any atom is -0.465 e. The van der Waals surface area contributed by atoms with E-state index in [9.17, 15) is 4.79 Å². The second-order valence-corrected chi connectivity index (χ2v) is 7.50. The first-order valence-corrected chi connectivity index (χ1v) is 11.0. The molecule has 0 aliphatic carbocycles. The van der Waals surface area contributed by atoms with Crippen molar-refractivity contribution in [3.63, 3.8) is 0 Å². The summed E-state index contributed by atoms with van der Waals surface area (Å²) < 4.78 is 5.36. The maximum absolute atomic E-state index is 11.9. The van der Waals surface area contributed by atoms with Crippen molar-refractivity contribution in [3.05, 3.63) is 35.4 Å². The number of aryl methyl sites for hydroxylation is 1. The zero-order valence-electron chi connectivity index (χ0n) is 17.2. The van der Waals surface area contributed by atoms with Gasteiger partial charge in [-0.2, -0.15) is 0 Å². The van der Waals surface area contributed by atoms with Crippen LogP contribution in [0.4, 0.5) is 0 Å². The van der Waals surface area contributed by atoms with E-state index in [0.29, 0.717) is 13.0 Å². The molecule has 0 amide bonds. The molecule has 2 heteroatoms. The van der Waals surface area contributed by atoms with Gasteiger partial charge in [-0.15, -0.1) is 0 Å². The standard InChI is InChI=1S/C24H40O2/c1-3-5-7-9-11-13-15-22-16-18-23(19-17-22)21-24(25)26-20-14-12-10-8-6-4-2/h16-19H,3-15,20-21H2,1-2H3. The number of ether oxygens (including phenoxy) is 1. The van der Waals surface area contributed by atoms with Crippen LogP contribution in [0.2, 0.25) is 0 Å². The van der Waals surface area contributed by atoms with E-state index < -0.39 is 0 Å². The average Bonchev–Trinajstić information content (AvgIpc) is 2.65. The van der Waals surface area contributed by atoms with Gasteiger partial charge in [0.05, 0.1) is 13.0 Å². The van der Waals surface area contributed by atoms with Crippen molar-refractivity contribution in [3.8, 4) is 0 Å². The van der Waals surface area contributed by atoms with Crippen molar-refractivity contribution in [2.24, 2.45) is 0 Å². The maximum atomic E-state index is 11.9. The highest BCUT2D eigenvalue weighted by Gasteiger charge is 2.05. The molecule has 0 spiro atoms. The number of carbonyl (C=O) groups excluding carboxylic acids is 1.